The summed E-state index contributed by atoms with van der Waals surface area (Å²) in [5, 5.41) is 13.3. The maximum atomic E-state index is 12.5. The van der Waals surface area contributed by atoms with E-state index in [1.165, 1.54) is 40.7 Å². The average molecular weight is 389 g/mol. The van der Waals surface area contributed by atoms with Crippen LogP contribution in [0.15, 0.2) is 53.4 Å². The van der Waals surface area contributed by atoms with Gasteiger partial charge in [-0.3, -0.25) is 14.9 Å². The van der Waals surface area contributed by atoms with Crippen LogP contribution in [0.3, 0.4) is 0 Å². The Morgan fingerprint density at radius 1 is 1.04 bits per heavy atom. The fourth-order valence-electron chi connectivity index (χ4n) is 2.88. The van der Waals surface area contributed by atoms with Gasteiger partial charge in [-0.05, 0) is 42.7 Å². The van der Waals surface area contributed by atoms with Crippen LogP contribution >= 0.6 is 0 Å². The summed E-state index contributed by atoms with van der Waals surface area (Å²) in [5.74, 6) is -0.349. The highest BCUT2D eigenvalue weighted by atomic mass is 32.2. The smallest absolute Gasteiger partial charge is 0.269 e. The molecule has 1 N–H and O–H groups in total. The Hall–Kier alpha value is -2.78. The normalized spacial score (nSPS) is 14.8. The number of nitrogens with one attached hydrogen (secondary N) is 1. The number of sulfonamides is 1. The fraction of sp³-hybridized carbons (Fsp3) is 0.278. The van der Waals surface area contributed by atoms with E-state index >= 15 is 0 Å². The molecule has 2 aromatic rings. The van der Waals surface area contributed by atoms with Crippen LogP contribution in [-0.4, -0.2) is 36.6 Å². The zero-order valence-corrected chi connectivity index (χ0v) is 15.3. The van der Waals surface area contributed by atoms with E-state index in [1.54, 1.807) is 12.1 Å². The van der Waals surface area contributed by atoms with E-state index in [-0.39, 0.29) is 23.0 Å². The minimum atomic E-state index is -3.50. The second kappa shape index (κ2) is 7.85. The van der Waals surface area contributed by atoms with Gasteiger partial charge in [-0.1, -0.05) is 12.1 Å². The molecule has 3 rings (SSSR count). The summed E-state index contributed by atoms with van der Waals surface area (Å²) in [6, 6.07) is 11.7. The summed E-state index contributed by atoms with van der Waals surface area (Å²) in [5.41, 5.74) is 1.05. The van der Waals surface area contributed by atoms with E-state index < -0.39 is 14.9 Å². The summed E-state index contributed by atoms with van der Waals surface area (Å²) in [6.45, 7) is 1.27. The van der Waals surface area contributed by atoms with Crippen molar-refractivity contribution in [2.75, 3.05) is 13.1 Å². The van der Waals surface area contributed by atoms with Crippen molar-refractivity contribution in [3.8, 4) is 0 Å². The summed E-state index contributed by atoms with van der Waals surface area (Å²) in [4.78, 5) is 22.6. The van der Waals surface area contributed by atoms with E-state index in [9.17, 15) is 23.3 Å². The predicted molar refractivity (Wildman–Crippen MR) is 98.7 cm³/mol. The zero-order valence-electron chi connectivity index (χ0n) is 14.5. The maximum Gasteiger partial charge on any atom is 0.269 e. The number of hydrogen-bond donors (Lipinski definition) is 1. The Bertz CT molecular complexity index is 934. The molecule has 1 aliphatic heterocycles. The molecule has 0 aliphatic carbocycles. The van der Waals surface area contributed by atoms with Crippen LogP contribution in [0.25, 0.3) is 0 Å². The molecular weight excluding hydrogens is 370 g/mol. The summed E-state index contributed by atoms with van der Waals surface area (Å²) >= 11 is 0. The van der Waals surface area contributed by atoms with Crippen LogP contribution in [0.2, 0.25) is 0 Å². The summed E-state index contributed by atoms with van der Waals surface area (Å²) in [7, 11) is -3.50. The van der Waals surface area contributed by atoms with Crippen molar-refractivity contribution in [2.24, 2.45) is 0 Å². The Kier molecular flexibility index (Phi) is 5.52. The fourth-order valence-corrected chi connectivity index (χ4v) is 4.39. The van der Waals surface area contributed by atoms with E-state index in [0.717, 1.165) is 18.4 Å². The molecular formula is C18H19N3O5S. The zero-order chi connectivity index (χ0) is 19.4. The third-order valence-corrected chi connectivity index (χ3v) is 6.33. The Balaban J connectivity index is 1.62. The van der Waals surface area contributed by atoms with E-state index in [1.807, 2.05) is 0 Å². The molecule has 8 nitrogen and oxygen atoms in total. The molecule has 9 heteroatoms. The number of hydrogen-bond acceptors (Lipinski definition) is 5. The molecule has 0 unspecified atom stereocenters. The van der Waals surface area contributed by atoms with Gasteiger partial charge < -0.3 is 5.32 Å². The minimum Gasteiger partial charge on any atom is -0.348 e. The average Bonchev–Trinajstić information content (AvgIpc) is 3.22. The Labute approximate surface area is 157 Å². The third kappa shape index (κ3) is 4.32. The van der Waals surface area contributed by atoms with Crippen LogP contribution in [0.4, 0.5) is 5.69 Å². The van der Waals surface area contributed by atoms with Crippen molar-refractivity contribution in [3.63, 3.8) is 0 Å². The molecule has 1 aliphatic rings. The molecule has 0 saturated carbocycles. The van der Waals surface area contributed by atoms with Gasteiger partial charge in [0.1, 0.15) is 0 Å². The van der Waals surface area contributed by atoms with Gasteiger partial charge >= 0.3 is 0 Å². The number of non-ortho nitro benzene ring substituents is 1. The van der Waals surface area contributed by atoms with Crippen molar-refractivity contribution in [2.45, 2.75) is 24.3 Å². The van der Waals surface area contributed by atoms with Crippen LogP contribution in [-0.2, 0) is 16.6 Å². The van der Waals surface area contributed by atoms with Crippen molar-refractivity contribution in [1.29, 1.82) is 0 Å². The van der Waals surface area contributed by atoms with E-state index in [4.69, 9.17) is 0 Å². The molecule has 1 amide bonds. The number of nitrogens with zero attached hydrogens (tertiary/aromatic N) is 2. The summed E-state index contributed by atoms with van der Waals surface area (Å²) < 4.78 is 26.4. The largest absolute Gasteiger partial charge is 0.348 e. The quantitative estimate of drug-likeness (QED) is 0.602. The van der Waals surface area contributed by atoms with Gasteiger partial charge in [0.2, 0.25) is 10.0 Å². The third-order valence-electron chi connectivity index (χ3n) is 4.42. The molecule has 27 heavy (non-hydrogen) atoms. The molecule has 142 valence electrons. The predicted octanol–water partition coefficient (Wildman–Crippen LogP) is 2.31. The highest BCUT2D eigenvalue weighted by Gasteiger charge is 2.27. The summed E-state index contributed by atoms with van der Waals surface area (Å²) in [6.07, 6.45) is 1.73. The number of carbonyl (C=O) groups excluding carboxylic acids is 1. The monoisotopic (exact) mass is 389 g/mol. The number of benzene rings is 2. The first-order valence-electron chi connectivity index (χ1n) is 8.50. The van der Waals surface area contributed by atoms with Gasteiger partial charge in [0.05, 0.1) is 9.82 Å². The highest BCUT2D eigenvalue weighted by molar-refractivity contribution is 7.89. The number of nitro benzene ring substituents is 1. The molecule has 0 radical (unpaired) electrons. The molecule has 1 saturated heterocycles. The van der Waals surface area contributed by atoms with Gasteiger partial charge in [0, 0.05) is 37.3 Å². The van der Waals surface area contributed by atoms with Gasteiger partial charge in [-0.2, -0.15) is 4.31 Å². The first-order valence-corrected chi connectivity index (χ1v) is 9.94. The topological polar surface area (TPSA) is 110 Å². The van der Waals surface area contributed by atoms with Crippen LogP contribution < -0.4 is 5.32 Å². The Morgan fingerprint density at radius 3 is 2.19 bits per heavy atom. The van der Waals surface area contributed by atoms with Crippen LogP contribution in [0.5, 0.6) is 0 Å². The number of nitro groups is 1. The standard InChI is InChI=1S/C18H19N3O5S/c22-18(19-13-14-3-7-16(8-4-14)21(23)24)15-5-9-17(10-6-15)27(25,26)20-11-1-2-12-20/h3-10H,1-2,11-13H2,(H,19,22). The van der Waals surface area contributed by atoms with Gasteiger partial charge in [-0.25, -0.2) is 8.42 Å². The highest BCUT2D eigenvalue weighted by Crippen LogP contribution is 2.21. The van der Waals surface area contributed by atoms with Crippen LogP contribution in [0, 0.1) is 10.1 Å². The lowest BCUT2D eigenvalue weighted by molar-refractivity contribution is -0.384. The van der Waals surface area contributed by atoms with Crippen molar-refractivity contribution in [3.05, 3.63) is 69.8 Å². The molecule has 0 spiro atoms. The van der Waals surface area contributed by atoms with Gasteiger partial charge in [0.15, 0.2) is 0 Å². The number of amides is 1. The molecule has 1 heterocycles. The second-order valence-electron chi connectivity index (χ2n) is 6.24. The number of rotatable bonds is 6. The maximum absolute atomic E-state index is 12.5. The molecule has 0 aromatic heterocycles. The lowest BCUT2D eigenvalue weighted by Gasteiger charge is -2.15. The van der Waals surface area contributed by atoms with Crippen molar-refractivity contribution in [1.82, 2.24) is 9.62 Å². The molecule has 2 aromatic carbocycles. The molecule has 0 atom stereocenters. The van der Waals surface area contributed by atoms with E-state index in [2.05, 4.69) is 5.32 Å². The van der Waals surface area contributed by atoms with Crippen molar-refractivity contribution >= 4 is 21.6 Å². The number of carbonyl (C=O) groups is 1. The molecule has 0 bridgehead atoms. The van der Waals surface area contributed by atoms with Crippen molar-refractivity contribution < 1.29 is 18.1 Å². The second-order valence-corrected chi connectivity index (χ2v) is 8.18. The minimum absolute atomic E-state index is 0.0140. The van der Waals surface area contributed by atoms with Gasteiger partial charge in [-0.15, -0.1) is 0 Å². The molecule has 1 fully saturated rings. The first-order chi connectivity index (χ1) is 12.9. The Morgan fingerprint density at radius 2 is 1.63 bits per heavy atom. The van der Waals surface area contributed by atoms with Gasteiger partial charge in [0.25, 0.3) is 11.6 Å². The van der Waals surface area contributed by atoms with E-state index in [0.29, 0.717) is 18.7 Å². The SMILES string of the molecule is O=C(NCc1ccc([N+](=O)[O-])cc1)c1ccc(S(=O)(=O)N2CCCC2)cc1. The lowest BCUT2D eigenvalue weighted by Crippen LogP contribution is -2.28. The lowest BCUT2D eigenvalue weighted by atomic mass is 10.2. The first kappa shape index (κ1) is 19.0. The van der Waals surface area contributed by atoms with Crippen LogP contribution in [0.1, 0.15) is 28.8 Å².